The Morgan fingerprint density at radius 1 is 0.750 bits per heavy atom. The molecule has 1 heterocycles. The minimum Gasteiger partial charge on any atom is -0.410 e. The van der Waals surface area contributed by atoms with Gasteiger partial charge in [0, 0.05) is 23.2 Å². The van der Waals surface area contributed by atoms with Gasteiger partial charge in [-0.25, -0.2) is 0 Å². The number of hydrogen-bond donors (Lipinski definition) is 1. The summed E-state index contributed by atoms with van der Waals surface area (Å²) < 4.78 is 0. The molecule has 16 heteroatoms. The van der Waals surface area contributed by atoms with Crippen molar-refractivity contribution in [2.75, 3.05) is 0 Å². The van der Waals surface area contributed by atoms with Crippen molar-refractivity contribution in [2.24, 2.45) is 10.2 Å². The van der Waals surface area contributed by atoms with Crippen molar-refractivity contribution in [2.45, 2.75) is 0 Å². The van der Waals surface area contributed by atoms with Crippen LogP contribution in [0.5, 0.6) is 0 Å². The first kappa shape index (κ1) is 27.2. The maximum absolute atomic E-state index is 11.5. The Hall–Kier alpha value is -5.83. The maximum Gasteiger partial charge on any atom is 0.297 e. The van der Waals surface area contributed by atoms with E-state index in [0.717, 1.165) is 29.1 Å². The number of para-hydroxylation sites is 1. The molecule has 0 saturated heterocycles. The second-order valence-electron chi connectivity index (χ2n) is 7.86. The van der Waals surface area contributed by atoms with Crippen LogP contribution in [0.4, 0.5) is 28.4 Å². The zero-order chi connectivity index (χ0) is 28.8. The average molecular weight is 563 g/mol. The van der Waals surface area contributed by atoms with Crippen LogP contribution in [0.1, 0.15) is 0 Å². The molecule has 0 unspecified atom stereocenters. The third-order valence-corrected chi connectivity index (χ3v) is 5.52. The van der Waals surface area contributed by atoms with E-state index in [1.807, 2.05) is 12.1 Å². The van der Waals surface area contributed by atoms with E-state index < -0.39 is 31.8 Å². The summed E-state index contributed by atoms with van der Waals surface area (Å²) in [7, 11) is 0. The van der Waals surface area contributed by atoms with Crippen molar-refractivity contribution >= 4 is 51.1 Å². The van der Waals surface area contributed by atoms with Gasteiger partial charge in [-0.2, -0.15) is 5.11 Å². The molecule has 0 saturated carbocycles. The van der Waals surface area contributed by atoms with Crippen LogP contribution >= 0.6 is 11.6 Å². The minimum atomic E-state index is -0.778. The van der Waals surface area contributed by atoms with E-state index in [1.165, 1.54) is 12.1 Å². The van der Waals surface area contributed by atoms with Crippen LogP contribution in [-0.4, -0.2) is 35.1 Å². The molecule has 0 bridgehead atoms. The number of benzene rings is 4. The molecule has 4 aromatic carbocycles. The van der Waals surface area contributed by atoms with Gasteiger partial charge in [0.15, 0.2) is 5.69 Å². The standard InChI is InChI=1S/C18H10ClN5O6.C6H5N3O/c19-13-2-4-14(5-3-13)20-21-17-6-1-11(9-18(17)24(29)30)12-7-15(22(25)26)10-16(8-12)23(27)28;10-9-6-4-2-1-3-5(6)7-8-9/h1-10H;1-4,10H. The van der Waals surface area contributed by atoms with Gasteiger partial charge in [0.05, 0.1) is 26.5 Å². The molecule has 1 N–H and O–H groups in total. The van der Waals surface area contributed by atoms with Crippen molar-refractivity contribution < 1.29 is 20.0 Å². The molecule has 0 aliphatic carbocycles. The normalized spacial score (nSPS) is 10.7. The van der Waals surface area contributed by atoms with Crippen LogP contribution < -0.4 is 0 Å². The average Bonchev–Trinajstić information content (AvgIpc) is 3.33. The Morgan fingerprint density at radius 2 is 1.40 bits per heavy atom. The highest BCUT2D eigenvalue weighted by Gasteiger charge is 2.20. The third-order valence-electron chi connectivity index (χ3n) is 5.26. The number of nitrogens with zero attached hydrogens (tertiary/aromatic N) is 8. The highest BCUT2D eigenvalue weighted by atomic mass is 35.5. The molecule has 1 aromatic heterocycles. The zero-order valence-electron chi connectivity index (χ0n) is 19.9. The first-order valence-electron chi connectivity index (χ1n) is 11.0. The predicted octanol–water partition coefficient (Wildman–Crippen LogP) is 6.82. The highest BCUT2D eigenvalue weighted by molar-refractivity contribution is 6.30. The number of azo groups is 1. The summed E-state index contributed by atoms with van der Waals surface area (Å²) in [6.45, 7) is 0. The fraction of sp³-hybridized carbons (Fsp3) is 0. The number of aromatic nitrogens is 3. The van der Waals surface area contributed by atoms with Crippen LogP contribution in [0.3, 0.4) is 0 Å². The summed E-state index contributed by atoms with van der Waals surface area (Å²) in [6, 6.07) is 20.4. The largest absolute Gasteiger partial charge is 0.410 e. The topological polar surface area (TPSA) is 205 Å². The van der Waals surface area contributed by atoms with E-state index in [9.17, 15) is 30.3 Å². The lowest BCUT2D eigenvalue weighted by Gasteiger charge is -2.04. The molecule has 5 aromatic rings. The molecule has 40 heavy (non-hydrogen) atoms. The molecule has 0 spiro atoms. The number of hydrogen-bond acceptors (Lipinski definition) is 11. The lowest BCUT2D eigenvalue weighted by molar-refractivity contribution is -0.394. The highest BCUT2D eigenvalue weighted by Crippen LogP contribution is 2.36. The van der Waals surface area contributed by atoms with E-state index in [-0.39, 0.29) is 16.8 Å². The second-order valence-corrected chi connectivity index (χ2v) is 8.29. The first-order valence-corrected chi connectivity index (χ1v) is 11.4. The van der Waals surface area contributed by atoms with Crippen LogP contribution in [-0.2, 0) is 0 Å². The lowest BCUT2D eigenvalue weighted by Crippen LogP contribution is -1.94. The predicted molar refractivity (Wildman–Crippen MR) is 142 cm³/mol. The summed E-state index contributed by atoms with van der Waals surface area (Å²) in [5, 5.41) is 58.0. The summed E-state index contributed by atoms with van der Waals surface area (Å²) in [5.74, 6) is 0. The van der Waals surface area contributed by atoms with Crippen LogP contribution in [0.2, 0.25) is 5.02 Å². The molecule has 200 valence electrons. The van der Waals surface area contributed by atoms with Crippen molar-refractivity contribution in [3.8, 4) is 11.1 Å². The van der Waals surface area contributed by atoms with Crippen LogP contribution in [0.25, 0.3) is 22.2 Å². The van der Waals surface area contributed by atoms with Crippen molar-refractivity contribution in [3.63, 3.8) is 0 Å². The number of halogens is 1. The Bertz CT molecular complexity index is 1740. The fourth-order valence-electron chi connectivity index (χ4n) is 3.38. The molecular weight excluding hydrogens is 548 g/mol. The van der Waals surface area contributed by atoms with Gasteiger partial charge < -0.3 is 5.21 Å². The smallest absolute Gasteiger partial charge is 0.297 e. The quantitative estimate of drug-likeness (QED) is 0.0995. The van der Waals surface area contributed by atoms with E-state index in [1.54, 1.807) is 36.4 Å². The van der Waals surface area contributed by atoms with Crippen LogP contribution in [0.15, 0.2) is 95.2 Å². The van der Waals surface area contributed by atoms with Crippen molar-refractivity contribution in [1.82, 2.24) is 15.2 Å². The van der Waals surface area contributed by atoms with Crippen LogP contribution in [0, 0.1) is 30.3 Å². The lowest BCUT2D eigenvalue weighted by atomic mass is 10.0. The Balaban J connectivity index is 0.000000307. The number of nitro groups is 3. The van der Waals surface area contributed by atoms with Crippen molar-refractivity contribution in [1.29, 1.82) is 0 Å². The number of nitro benzene ring substituents is 3. The molecular formula is C24H15ClN8O7. The van der Waals surface area contributed by atoms with Gasteiger partial charge in [0.25, 0.3) is 17.1 Å². The Kier molecular flexibility index (Phi) is 7.96. The molecule has 0 amide bonds. The van der Waals surface area contributed by atoms with Gasteiger partial charge in [-0.3, -0.25) is 30.3 Å². The van der Waals surface area contributed by atoms with Gasteiger partial charge >= 0.3 is 0 Å². The fourth-order valence-corrected chi connectivity index (χ4v) is 3.51. The summed E-state index contributed by atoms with van der Waals surface area (Å²) in [5.41, 5.74) is 0.526. The Morgan fingerprint density at radius 3 is 2.00 bits per heavy atom. The van der Waals surface area contributed by atoms with Gasteiger partial charge in [0.1, 0.15) is 11.0 Å². The van der Waals surface area contributed by atoms with Gasteiger partial charge in [-0.05, 0) is 58.8 Å². The molecule has 0 atom stereocenters. The number of fused-ring (bicyclic) bond motifs is 1. The molecule has 15 nitrogen and oxygen atoms in total. The number of non-ortho nitro benzene ring substituents is 2. The Labute approximate surface area is 228 Å². The SMILES string of the molecule is O=[N+]([O-])c1cc(-c2ccc(N=Nc3ccc(Cl)cc3)c([N+](=O)[O-])c2)cc([N+](=O)[O-])c1.On1nnc2ccccc21. The van der Waals surface area contributed by atoms with E-state index in [2.05, 4.69) is 20.5 Å². The molecule has 0 aliphatic rings. The van der Waals surface area contributed by atoms with Crippen molar-refractivity contribution in [3.05, 3.63) is 120 Å². The third kappa shape index (κ3) is 6.35. The minimum absolute atomic E-state index is 0.0568. The van der Waals surface area contributed by atoms with Gasteiger partial charge in [-0.1, -0.05) is 34.6 Å². The molecule has 0 aliphatic heterocycles. The van der Waals surface area contributed by atoms with E-state index in [0.29, 0.717) is 21.7 Å². The van der Waals surface area contributed by atoms with Gasteiger partial charge in [0.2, 0.25) is 0 Å². The van der Waals surface area contributed by atoms with E-state index in [4.69, 9.17) is 16.8 Å². The maximum atomic E-state index is 11.5. The van der Waals surface area contributed by atoms with Gasteiger partial charge in [-0.15, -0.1) is 10.2 Å². The monoisotopic (exact) mass is 562 g/mol. The molecule has 0 radical (unpaired) electrons. The summed E-state index contributed by atoms with van der Waals surface area (Å²) in [4.78, 5) is 32.1. The zero-order valence-corrected chi connectivity index (χ0v) is 20.7. The number of rotatable bonds is 6. The summed E-state index contributed by atoms with van der Waals surface area (Å²) >= 11 is 5.79. The first-order chi connectivity index (χ1) is 19.1. The van der Waals surface area contributed by atoms with E-state index >= 15 is 0 Å². The summed E-state index contributed by atoms with van der Waals surface area (Å²) in [6.07, 6.45) is 0. The molecule has 5 rings (SSSR count). The molecule has 0 fully saturated rings. The second kappa shape index (κ2) is 11.7.